The summed E-state index contributed by atoms with van der Waals surface area (Å²) in [6.07, 6.45) is 6.09. The molecule has 5 heteroatoms. The van der Waals surface area contributed by atoms with Crippen LogP contribution >= 0.6 is 0 Å². The maximum Gasteiger partial charge on any atom is 0.227 e. The molecule has 1 amide bonds. The van der Waals surface area contributed by atoms with Crippen molar-refractivity contribution >= 4 is 5.91 Å². The quantitative estimate of drug-likeness (QED) is 0.809. The fourth-order valence-electron chi connectivity index (χ4n) is 2.12. The number of amides is 1. The van der Waals surface area contributed by atoms with E-state index in [1.165, 1.54) is 0 Å². The summed E-state index contributed by atoms with van der Waals surface area (Å²) in [5, 5.41) is 7.09. The molecule has 0 aliphatic carbocycles. The van der Waals surface area contributed by atoms with E-state index in [2.05, 4.69) is 17.0 Å². The molecule has 0 aromatic carbocycles. The first-order chi connectivity index (χ1) is 8.61. The lowest BCUT2D eigenvalue weighted by Crippen LogP contribution is -2.41. The summed E-state index contributed by atoms with van der Waals surface area (Å²) in [5.41, 5.74) is 0.920. The molecule has 0 spiro atoms. The van der Waals surface area contributed by atoms with Crippen molar-refractivity contribution in [2.75, 3.05) is 6.61 Å². The highest BCUT2D eigenvalue weighted by Gasteiger charge is 2.29. The van der Waals surface area contributed by atoms with Crippen LogP contribution in [0.25, 0.3) is 0 Å². The lowest BCUT2D eigenvalue weighted by molar-refractivity contribution is -0.123. The van der Waals surface area contributed by atoms with Crippen molar-refractivity contribution in [3.05, 3.63) is 30.6 Å². The minimum absolute atomic E-state index is 0.00495. The number of carbonyl (C=O) groups is 1. The Morgan fingerprint density at radius 3 is 3.17 bits per heavy atom. The maximum atomic E-state index is 12.1. The molecule has 5 nitrogen and oxygen atoms in total. The monoisotopic (exact) mass is 249 g/mol. The number of ether oxygens (including phenoxy) is 1. The second-order valence-corrected chi connectivity index (χ2v) is 4.64. The summed E-state index contributed by atoms with van der Waals surface area (Å²) in [6, 6.07) is 0.0362. The lowest BCUT2D eigenvalue weighted by Gasteiger charge is -2.19. The van der Waals surface area contributed by atoms with Crippen LogP contribution in [0.2, 0.25) is 0 Å². The molecule has 98 valence electrons. The first-order valence-corrected chi connectivity index (χ1v) is 6.15. The molecule has 1 fully saturated rings. The third-order valence-corrected chi connectivity index (χ3v) is 3.31. The molecule has 0 bridgehead atoms. The maximum absolute atomic E-state index is 12.1. The van der Waals surface area contributed by atoms with Crippen LogP contribution < -0.4 is 5.32 Å². The van der Waals surface area contributed by atoms with Crippen LogP contribution in [0.5, 0.6) is 0 Å². The van der Waals surface area contributed by atoms with Gasteiger partial charge >= 0.3 is 0 Å². The molecule has 0 radical (unpaired) electrons. The largest absolute Gasteiger partial charge is 0.372 e. The number of carbonyl (C=O) groups excluding carboxylic acids is 1. The molecule has 1 aliphatic rings. The lowest BCUT2D eigenvalue weighted by atomic mass is 10.0. The van der Waals surface area contributed by atoms with Crippen molar-refractivity contribution in [3.63, 3.8) is 0 Å². The summed E-state index contributed by atoms with van der Waals surface area (Å²) in [5.74, 6) is -0.199. The zero-order valence-corrected chi connectivity index (χ0v) is 10.8. The molecule has 1 aromatic rings. The molecular formula is C13H19N3O2. The average molecular weight is 249 g/mol. The summed E-state index contributed by atoms with van der Waals surface area (Å²) < 4.78 is 7.15. The van der Waals surface area contributed by atoms with Crippen molar-refractivity contribution < 1.29 is 9.53 Å². The van der Waals surface area contributed by atoms with Crippen molar-refractivity contribution in [3.8, 4) is 0 Å². The molecule has 1 aliphatic heterocycles. The van der Waals surface area contributed by atoms with Gasteiger partial charge in [0.2, 0.25) is 5.91 Å². The molecule has 3 atom stereocenters. The summed E-state index contributed by atoms with van der Waals surface area (Å²) in [4.78, 5) is 12.1. The number of aryl methyl sites for hydroxylation is 1. The Balaban J connectivity index is 1.97. The van der Waals surface area contributed by atoms with Crippen LogP contribution in [0.3, 0.4) is 0 Å². The third kappa shape index (κ3) is 2.61. The van der Waals surface area contributed by atoms with E-state index in [4.69, 9.17) is 4.74 Å². The Hall–Kier alpha value is -1.62. The zero-order chi connectivity index (χ0) is 13.1. The highest BCUT2D eigenvalue weighted by molar-refractivity contribution is 5.83. The van der Waals surface area contributed by atoms with Crippen molar-refractivity contribution in [1.29, 1.82) is 0 Å². The normalized spacial score (nSPS) is 24.8. The summed E-state index contributed by atoms with van der Waals surface area (Å²) in [7, 11) is 1.84. The van der Waals surface area contributed by atoms with Gasteiger partial charge in [-0.25, -0.2) is 0 Å². The van der Waals surface area contributed by atoms with E-state index in [0.717, 1.165) is 12.0 Å². The van der Waals surface area contributed by atoms with Gasteiger partial charge in [0.25, 0.3) is 0 Å². The van der Waals surface area contributed by atoms with Gasteiger partial charge in [-0.2, -0.15) is 5.10 Å². The van der Waals surface area contributed by atoms with E-state index in [-0.39, 0.29) is 24.0 Å². The van der Waals surface area contributed by atoms with E-state index in [9.17, 15) is 4.79 Å². The topological polar surface area (TPSA) is 56.1 Å². The number of nitrogens with zero attached hydrogens (tertiary/aromatic N) is 2. The predicted octanol–water partition coefficient (Wildman–Crippen LogP) is 0.983. The van der Waals surface area contributed by atoms with E-state index in [0.29, 0.717) is 6.61 Å². The van der Waals surface area contributed by atoms with E-state index < -0.39 is 0 Å². The Morgan fingerprint density at radius 1 is 1.78 bits per heavy atom. The second-order valence-electron chi connectivity index (χ2n) is 4.64. The predicted molar refractivity (Wildman–Crippen MR) is 68.1 cm³/mol. The number of aromatic nitrogens is 2. The number of hydrogen-bond donors (Lipinski definition) is 1. The van der Waals surface area contributed by atoms with Gasteiger partial charge in [-0.15, -0.1) is 6.58 Å². The van der Waals surface area contributed by atoms with Gasteiger partial charge in [-0.3, -0.25) is 9.48 Å². The van der Waals surface area contributed by atoms with E-state index >= 15 is 0 Å². The summed E-state index contributed by atoms with van der Waals surface area (Å²) in [6.45, 7) is 6.27. The molecule has 18 heavy (non-hydrogen) atoms. The van der Waals surface area contributed by atoms with E-state index in [1.807, 2.05) is 20.2 Å². The Labute approximate surface area is 107 Å². The zero-order valence-electron chi connectivity index (χ0n) is 10.8. The van der Waals surface area contributed by atoms with Crippen LogP contribution in [0.15, 0.2) is 25.0 Å². The molecular weight excluding hydrogens is 230 g/mol. The van der Waals surface area contributed by atoms with Crippen LogP contribution in [0.1, 0.15) is 24.8 Å². The Kier molecular flexibility index (Phi) is 3.81. The van der Waals surface area contributed by atoms with Gasteiger partial charge in [-0.1, -0.05) is 6.08 Å². The third-order valence-electron chi connectivity index (χ3n) is 3.31. The van der Waals surface area contributed by atoms with Crippen LogP contribution in [0, 0.1) is 0 Å². The van der Waals surface area contributed by atoms with Gasteiger partial charge in [0.15, 0.2) is 0 Å². The molecule has 0 saturated carbocycles. The second kappa shape index (κ2) is 5.35. The molecule has 1 saturated heterocycles. The molecule has 1 N–H and O–H groups in total. The first-order valence-electron chi connectivity index (χ1n) is 6.15. The van der Waals surface area contributed by atoms with Crippen molar-refractivity contribution in [2.45, 2.75) is 31.4 Å². The fourth-order valence-corrected chi connectivity index (χ4v) is 2.12. The van der Waals surface area contributed by atoms with Gasteiger partial charge in [0.05, 0.1) is 24.3 Å². The first kappa shape index (κ1) is 12.8. The van der Waals surface area contributed by atoms with Crippen LogP contribution in [-0.4, -0.2) is 34.4 Å². The minimum Gasteiger partial charge on any atom is -0.372 e. The van der Waals surface area contributed by atoms with Crippen LogP contribution in [0.4, 0.5) is 0 Å². The number of nitrogens with one attached hydrogen (secondary N) is 1. The fraction of sp³-hybridized carbons (Fsp3) is 0.538. The summed E-state index contributed by atoms with van der Waals surface area (Å²) >= 11 is 0. The molecule has 2 heterocycles. The number of rotatable bonds is 4. The van der Waals surface area contributed by atoms with Gasteiger partial charge in [0.1, 0.15) is 0 Å². The van der Waals surface area contributed by atoms with Gasteiger partial charge in [-0.05, 0) is 13.3 Å². The average Bonchev–Trinajstić information content (AvgIpc) is 2.96. The van der Waals surface area contributed by atoms with E-state index in [1.54, 1.807) is 17.0 Å². The Bertz CT molecular complexity index is 441. The highest BCUT2D eigenvalue weighted by Crippen LogP contribution is 2.18. The molecule has 2 rings (SSSR count). The van der Waals surface area contributed by atoms with Crippen molar-refractivity contribution in [1.82, 2.24) is 15.1 Å². The highest BCUT2D eigenvalue weighted by atomic mass is 16.5. The number of hydrogen-bond acceptors (Lipinski definition) is 3. The molecule has 1 unspecified atom stereocenters. The van der Waals surface area contributed by atoms with Gasteiger partial charge in [0, 0.05) is 25.4 Å². The SMILES string of the molecule is C=C[C@@H]1OCC[C@H]1NC(=O)C(C)c1cnn(C)c1. The van der Waals surface area contributed by atoms with Gasteiger partial charge < -0.3 is 10.1 Å². The standard InChI is InChI=1S/C13H19N3O2/c1-4-12-11(5-6-18-12)15-13(17)9(2)10-7-14-16(3)8-10/h4,7-9,11-12H,1,5-6H2,2-3H3,(H,15,17)/t9?,11-,12+/m1/s1. The minimum atomic E-state index is -0.204. The van der Waals surface area contributed by atoms with Crippen molar-refractivity contribution in [2.24, 2.45) is 7.05 Å². The Morgan fingerprint density at radius 2 is 2.56 bits per heavy atom. The van der Waals surface area contributed by atoms with Crippen LogP contribution in [-0.2, 0) is 16.6 Å². The molecule has 1 aromatic heterocycles. The smallest absolute Gasteiger partial charge is 0.227 e.